The number of piperidine rings is 1. The van der Waals surface area contributed by atoms with Gasteiger partial charge in [0.05, 0.1) is 0 Å². The van der Waals surface area contributed by atoms with Gasteiger partial charge in [-0.15, -0.1) is 0 Å². The fraction of sp³-hybridized carbons (Fsp3) is 0.476. The summed E-state index contributed by atoms with van der Waals surface area (Å²) in [5, 5.41) is 2.72. The number of likely N-dealkylation sites (tertiary alicyclic amines) is 1. The van der Waals surface area contributed by atoms with E-state index >= 15 is 0 Å². The minimum Gasteiger partial charge on any atom is -0.339 e. The first kappa shape index (κ1) is 19.1. The fourth-order valence-corrected chi connectivity index (χ4v) is 3.65. The third-order valence-corrected chi connectivity index (χ3v) is 5.07. The smallest absolute Gasteiger partial charge is 0.253 e. The lowest BCUT2D eigenvalue weighted by Crippen LogP contribution is -2.39. The Morgan fingerprint density at radius 3 is 2.44 bits per heavy atom. The predicted octanol–water partition coefficient (Wildman–Crippen LogP) is 3.52. The number of aromatic nitrogens is 2. The van der Waals surface area contributed by atoms with Crippen LogP contribution in [0.3, 0.4) is 0 Å². The molecule has 27 heavy (non-hydrogen) atoms. The van der Waals surface area contributed by atoms with E-state index < -0.39 is 0 Å². The van der Waals surface area contributed by atoms with Gasteiger partial charge in [-0.2, -0.15) is 0 Å². The highest BCUT2D eigenvalue weighted by molar-refractivity contribution is 5.95. The highest BCUT2D eigenvalue weighted by Gasteiger charge is 2.24. The molecule has 6 nitrogen and oxygen atoms in total. The summed E-state index contributed by atoms with van der Waals surface area (Å²) in [5.74, 6) is 2.07. The Bertz CT molecular complexity index is 787. The second-order valence-electron chi connectivity index (χ2n) is 7.59. The van der Waals surface area contributed by atoms with Crippen molar-refractivity contribution in [2.45, 2.75) is 46.1 Å². The molecule has 1 fully saturated rings. The van der Waals surface area contributed by atoms with Gasteiger partial charge in [0.15, 0.2) is 0 Å². The molecule has 144 valence electrons. The topological polar surface area (TPSA) is 67.2 Å². The largest absolute Gasteiger partial charge is 0.339 e. The molecule has 1 saturated heterocycles. The van der Waals surface area contributed by atoms with Gasteiger partial charge in [0.2, 0.25) is 5.91 Å². The summed E-state index contributed by atoms with van der Waals surface area (Å²) < 4.78 is 2.26. The summed E-state index contributed by atoms with van der Waals surface area (Å²) in [5.41, 5.74) is 1.37. The SMILES string of the molecule is CC(=O)Nc1ccc(C(=O)N2CCC(Cn3ccnc3C(C)C)CC2)cc1. The van der Waals surface area contributed by atoms with Gasteiger partial charge in [-0.1, -0.05) is 13.8 Å². The molecule has 6 heteroatoms. The van der Waals surface area contributed by atoms with Gasteiger partial charge in [0.1, 0.15) is 5.82 Å². The second kappa shape index (κ2) is 8.37. The maximum atomic E-state index is 12.7. The molecule has 0 aliphatic carbocycles. The van der Waals surface area contributed by atoms with Gasteiger partial charge >= 0.3 is 0 Å². The van der Waals surface area contributed by atoms with Crippen molar-refractivity contribution >= 4 is 17.5 Å². The quantitative estimate of drug-likeness (QED) is 0.878. The Labute approximate surface area is 160 Å². The fourth-order valence-electron chi connectivity index (χ4n) is 3.65. The minimum absolute atomic E-state index is 0.0633. The lowest BCUT2D eigenvalue weighted by atomic mass is 9.96. The number of rotatable bonds is 5. The third kappa shape index (κ3) is 4.76. The molecule has 1 N–H and O–H groups in total. The van der Waals surface area contributed by atoms with Crippen LogP contribution in [-0.4, -0.2) is 39.4 Å². The number of imidazole rings is 1. The van der Waals surface area contributed by atoms with Crippen LogP contribution in [-0.2, 0) is 11.3 Å². The Morgan fingerprint density at radius 2 is 1.85 bits per heavy atom. The van der Waals surface area contributed by atoms with E-state index in [1.165, 1.54) is 6.92 Å². The first-order chi connectivity index (χ1) is 12.9. The Hall–Kier alpha value is -2.63. The van der Waals surface area contributed by atoms with E-state index in [9.17, 15) is 9.59 Å². The summed E-state index contributed by atoms with van der Waals surface area (Å²) >= 11 is 0. The summed E-state index contributed by atoms with van der Waals surface area (Å²) in [6, 6.07) is 7.10. The molecule has 0 radical (unpaired) electrons. The summed E-state index contributed by atoms with van der Waals surface area (Å²) in [4.78, 5) is 30.2. The average Bonchev–Trinajstić information content (AvgIpc) is 3.10. The summed E-state index contributed by atoms with van der Waals surface area (Å²) in [6.07, 6.45) is 5.94. The summed E-state index contributed by atoms with van der Waals surface area (Å²) in [6.45, 7) is 8.33. The molecule has 0 atom stereocenters. The van der Waals surface area contributed by atoms with Crippen LogP contribution in [0.1, 0.15) is 55.7 Å². The van der Waals surface area contributed by atoms with Crippen molar-refractivity contribution in [3.8, 4) is 0 Å². The molecule has 1 aromatic heterocycles. The van der Waals surface area contributed by atoms with E-state index in [0.29, 0.717) is 23.1 Å². The third-order valence-electron chi connectivity index (χ3n) is 5.07. The van der Waals surface area contributed by atoms with E-state index in [1.807, 2.05) is 11.1 Å². The number of carbonyl (C=O) groups excluding carboxylic acids is 2. The minimum atomic E-state index is -0.116. The first-order valence-electron chi connectivity index (χ1n) is 9.62. The molecule has 2 amide bonds. The zero-order chi connectivity index (χ0) is 19.4. The Kier molecular flexibility index (Phi) is 5.94. The number of benzene rings is 1. The first-order valence-corrected chi connectivity index (χ1v) is 9.62. The summed E-state index contributed by atoms with van der Waals surface area (Å²) in [7, 11) is 0. The van der Waals surface area contributed by atoms with Crippen LogP contribution < -0.4 is 5.32 Å². The van der Waals surface area contributed by atoms with Gasteiger partial charge in [-0.25, -0.2) is 4.98 Å². The van der Waals surface area contributed by atoms with Crippen molar-refractivity contribution in [2.24, 2.45) is 5.92 Å². The van der Waals surface area contributed by atoms with Crippen LogP contribution in [0.15, 0.2) is 36.7 Å². The van der Waals surface area contributed by atoms with Crippen molar-refractivity contribution in [2.75, 3.05) is 18.4 Å². The lowest BCUT2D eigenvalue weighted by Gasteiger charge is -2.32. The molecule has 0 bridgehead atoms. The number of hydrogen-bond acceptors (Lipinski definition) is 3. The molecule has 0 saturated carbocycles. The second-order valence-corrected chi connectivity index (χ2v) is 7.59. The monoisotopic (exact) mass is 368 g/mol. The highest BCUT2D eigenvalue weighted by Crippen LogP contribution is 2.23. The van der Waals surface area contributed by atoms with Crippen molar-refractivity contribution in [3.63, 3.8) is 0 Å². The van der Waals surface area contributed by atoms with Gasteiger partial charge in [-0.3, -0.25) is 9.59 Å². The Balaban J connectivity index is 1.54. The van der Waals surface area contributed by atoms with E-state index in [-0.39, 0.29) is 11.8 Å². The van der Waals surface area contributed by atoms with Gasteiger partial charge in [-0.05, 0) is 43.0 Å². The average molecular weight is 368 g/mol. The molecular weight excluding hydrogens is 340 g/mol. The predicted molar refractivity (Wildman–Crippen MR) is 106 cm³/mol. The molecule has 0 spiro atoms. The zero-order valence-corrected chi connectivity index (χ0v) is 16.3. The zero-order valence-electron chi connectivity index (χ0n) is 16.3. The van der Waals surface area contributed by atoms with Gasteiger partial charge < -0.3 is 14.8 Å². The van der Waals surface area contributed by atoms with Crippen LogP contribution in [0.25, 0.3) is 0 Å². The van der Waals surface area contributed by atoms with Crippen molar-refractivity contribution in [1.82, 2.24) is 14.5 Å². The van der Waals surface area contributed by atoms with Crippen molar-refractivity contribution in [3.05, 3.63) is 48.0 Å². The molecule has 1 aromatic carbocycles. The van der Waals surface area contributed by atoms with Gasteiger partial charge in [0.25, 0.3) is 5.91 Å². The molecule has 2 heterocycles. The lowest BCUT2D eigenvalue weighted by molar-refractivity contribution is -0.114. The number of hydrogen-bond donors (Lipinski definition) is 1. The van der Waals surface area contributed by atoms with E-state index in [0.717, 1.165) is 38.3 Å². The number of carbonyl (C=O) groups is 2. The number of amides is 2. The standard InChI is InChI=1S/C21H28N4O2/c1-15(2)20-22-10-13-25(20)14-17-8-11-24(12-9-17)21(27)18-4-6-19(7-5-18)23-16(3)26/h4-7,10,13,15,17H,8-9,11-12,14H2,1-3H3,(H,23,26). The molecule has 1 aliphatic heterocycles. The van der Waals surface area contributed by atoms with E-state index in [4.69, 9.17) is 0 Å². The Morgan fingerprint density at radius 1 is 1.19 bits per heavy atom. The normalized spacial score (nSPS) is 15.2. The van der Waals surface area contributed by atoms with E-state index in [1.54, 1.807) is 24.3 Å². The van der Waals surface area contributed by atoms with E-state index in [2.05, 4.69) is 34.9 Å². The molecule has 0 unspecified atom stereocenters. The van der Waals surface area contributed by atoms with Crippen molar-refractivity contribution < 1.29 is 9.59 Å². The maximum absolute atomic E-state index is 12.7. The highest BCUT2D eigenvalue weighted by atomic mass is 16.2. The number of nitrogens with zero attached hydrogens (tertiary/aromatic N) is 3. The molecule has 1 aliphatic rings. The molecule has 2 aromatic rings. The molecular formula is C21H28N4O2. The van der Waals surface area contributed by atoms with Crippen LogP contribution >= 0.6 is 0 Å². The molecule has 3 rings (SSSR count). The van der Waals surface area contributed by atoms with Crippen LogP contribution in [0.4, 0.5) is 5.69 Å². The van der Waals surface area contributed by atoms with Crippen LogP contribution in [0.2, 0.25) is 0 Å². The number of nitrogens with one attached hydrogen (secondary N) is 1. The maximum Gasteiger partial charge on any atom is 0.253 e. The number of anilines is 1. The van der Waals surface area contributed by atoms with Crippen LogP contribution in [0, 0.1) is 5.92 Å². The van der Waals surface area contributed by atoms with Crippen molar-refractivity contribution in [1.29, 1.82) is 0 Å². The van der Waals surface area contributed by atoms with Gasteiger partial charge in [0, 0.05) is 56.1 Å². The van der Waals surface area contributed by atoms with Crippen LogP contribution in [0.5, 0.6) is 0 Å².